The number of hydrogen-bond acceptors (Lipinski definition) is 6. The van der Waals surface area contributed by atoms with E-state index in [1.54, 1.807) is 0 Å². The average molecular weight is 330 g/mol. The van der Waals surface area contributed by atoms with Crippen LogP contribution < -0.4 is 4.90 Å². The predicted molar refractivity (Wildman–Crippen MR) is 96.2 cm³/mol. The van der Waals surface area contributed by atoms with Crippen LogP contribution in [-0.4, -0.2) is 89.6 Å². The van der Waals surface area contributed by atoms with Crippen molar-refractivity contribution >= 4 is 5.95 Å². The van der Waals surface area contributed by atoms with E-state index in [4.69, 9.17) is 9.97 Å². The normalized spacial score (nSPS) is 29.3. The van der Waals surface area contributed by atoms with Crippen molar-refractivity contribution in [3.63, 3.8) is 0 Å². The Kier molecular flexibility index (Phi) is 4.70. The molecule has 24 heavy (non-hydrogen) atoms. The number of nitrogens with zero attached hydrogens (tertiary/aromatic N) is 6. The van der Waals surface area contributed by atoms with Gasteiger partial charge in [-0.05, 0) is 26.4 Å². The molecule has 0 spiro atoms. The molecular formula is C18H30N6. The SMILES string of the molecule is CCN1CCN(Cc2cnc(N3C4CCC3CN(C)C4)nc2)CC1. The lowest BCUT2D eigenvalue weighted by atomic mass is 10.2. The minimum atomic E-state index is 0.599. The summed E-state index contributed by atoms with van der Waals surface area (Å²) in [5, 5.41) is 0. The van der Waals surface area contributed by atoms with Gasteiger partial charge in [-0.25, -0.2) is 9.97 Å². The third-order valence-electron chi connectivity index (χ3n) is 5.91. The van der Waals surface area contributed by atoms with Crippen LogP contribution in [0.15, 0.2) is 12.4 Å². The van der Waals surface area contributed by atoms with E-state index in [0.29, 0.717) is 12.1 Å². The summed E-state index contributed by atoms with van der Waals surface area (Å²) in [7, 11) is 2.23. The molecule has 3 saturated heterocycles. The highest BCUT2D eigenvalue weighted by atomic mass is 15.4. The molecule has 1 aromatic heterocycles. The largest absolute Gasteiger partial charge is 0.332 e. The highest BCUT2D eigenvalue weighted by Gasteiger charge is 2.40. The maximum Gasteiger partial charge on any atom is 0.225 e. The van der Waals surface area contributed by atoms with Crippen LogP contribution in [0.3, 0.4) is 0 Å². The summed E-state index contributed by atoms with van der Waals surface area (Å²) in [6, 6.07) is 1.20. The van der Waals surface area contributed by atoms with Crippen molar-refractivity contribution in [2.24, 2.45) is 0 Å². The molecule has 2 bridgehead atoms. The van der Waals surface area contributed by atoms with Gasteiger partial charge in [-0.2, -0.15) is 0 Å². The fourth-order valence-electron chi connectivity index (χ4n) is 4.53. The van der Waals surface area contributed by atoms with Crippen LogP contribution in [-0.2, 0) is 6.54 Å². The molecule has 4 heterocycles. The summed E-state index contributed by atoms with van der Waals surface area (Å²) in [5.41, 5.74) is 1.24. The molecule has 0 aliphatic carbocycles. The Balaban J connectivity index is 1.37. The van der Waals surface area contributed by atoms with Gasteiger partial charge in [0.1, 0.15) is 0 Å². The average Bonchev–Trinajstić information content (AvgIpc) is 2.88. The third kappa shape index (κ3) is 3.27. The van der Waals surface area contributed by atoms with Crippen LogP contribution in [0.25, 0.3) is 0 Å². The molecule has 4 rings (SSSR count). The quantitative estimate of drug-likeness (QED) is 0.817. The Morgan fingerprint density at radius 2 is 1.54 bits per heavy atom. The van der Waals surface area contributed by atoms with E-state index >= 15 is 0 Å². The molecule has 0 radical (unpaired) electrons. The number of fused-ring (bicyclic) bond motifs is 2. The van der Waals surface area contributed by atoms with Crippen molar-refractivity contribution in [1.29, 1.82) is 0 Å². The number of piperazine rings is 2. The Morgan fingerprint density at radius 3 is 2.12 bits per heavy atom. The molecule has 0 saturated carbocycles. The fraction of sp³-hybridized carbons (Fsp3) is 0.778. The van der Waals surface area contributed by atoms with E-state index in [2.05, 4.69) is 33.6 Å². The van der Waals surface area contributed by atoms with Crippen molar-refractivity contribution in [2.75, 3.05) is 57.8 Å². The zero-order valence-electron chi connectivity index (χ0n) is 15.1. The topological polar surface area (TPSA) is 38.7 Å². The van der Waals surface area contributed by atoms with E-state index in [1.807, 2.05) is 12.4 Å². The predicted octanol–water partition coefficient (Wildman–Crippen LogP) is 0.897. The van der Waals surface area contributed by atoms with E-state index in [-0.39, 0.29) is 0 Å². The third-order valence-corrected chi connectivity index (χ3v) is 5.91. The van der Waals surface area contributed by atoms with Gasteiger partial charge in [-0.15, -0.1) is 0 Å². The number of aromatic nitrogens is 2. The molecule has 132 valence electrons. The minimum Gasteiger partial charge on any atom is -0.332 e. The fourth-order valence-corrected chi connectivity index (χ4v) is 4.53. The molecule has 3 fully saturated rings. The summed E-state index contributed by atoms with van der Waals surface area (Å²) in [4.78, 5) is 19.4. The molecule has 3 aliphatic heterocycles. The second kappa shape index (κ2) is 6.94. The van der Waals surface area contributed by atoms with Crippen molar-refractivity contribution < 1.29 is 0 Å². The van der Waals surface area contributed by atoms with Crippen LogP contribution >= 0.6 is 0 Å². The van der Waals surface area contributed by atoms with E-state index in [1.165, 1.54) is 38.0 Å². The Hall–Kier alpha value is -1.24. The molecule has 6 heteroatoms. The second-order valence-corrected chi connectivity index (χ2v) is 7.62. The van der Waals surface area contributed by atoms with Crippen LogP contribution in [0.2, 0.25) is 0 Å². The number of likely N-dealkylation sites (N-methyl/N-ethyl adjacent to an activating group) is 2. The van der Waals surface area contributed by atoms with Gasteiger partial charge in [0.15, 0.2) is 0 Å². The summed E-state index contributed by atoms with van der Waals surface area (Å²) in [6.07, 6.45) is 6.65. The zero-order chi connectivity index (χ0) is 16.5. The summed E-state index contributed by atoms with van der Waals surface area (Å²) < 4.78 is 0. The van der Waals surface area contributed by atoms with Gasteiger partial charge >= 0.3 is 0 Å². The van der Waals surface area contributed by atoms with Gasteiger partial charge in [0.05, 0.1) is 0 Å². The lowest BCUT2D eigenvalue weighted by Gasteiger charge is -2.39. The van der Waals surface area contributed by atoms with Gasteiger partial charge in [-0.1, -0.05) is 6.92 Å². The minimum absolute atomic E-state index is 0.599. The number of likely N-dealkylation sites (tertiary alicyclic amines) is 1. The molecular weight excluding hydrogens is 300 g/mol. The number of anilines is 1. The van der Waals surface area contributed by atoms with Gasteiger partial charge < -0.3 is 14.7 Å². The van der Waals surface area contributed by atoms with Crippen LogP contribution in [0, 0.1) is 0 Å². The zero-order valence-corrected chi connectivity index (χ0v) is 15.1. The number of hydrogen-bond donors (Lipinski definition) is 0. The molecule has 0 N–H and O–H groups in total. The molecule has 0 aromatic carbocycles. The lowest BCUT2D eigenvalue weighted by Crippen LogP contribution is -2.53. The highest BCUT2D eigenvalue weighted by molar-refractivity contribution is 5.37. The smallest absolute Gasteiger partial charge is 0.225 e. The van der Waals surface area contributed by atoms with Gasteiger partial charge in [0.25, 0.3) is 0 Å². The van der Waals surface area contributed by atoms with Crippen LogP contribution in [0.4, 0.5) is 5.95 Å². The lowest BCUT2D eigenvalue weighted by molar-refractivity contribution is 0.131. The van der Waals surface area contributed by atoms with Crippen LogP contribution in [0.5, 0.6) is 0 Å². The van der Waals surface area contributed by atoms with Gasteiger partial charge in [0.2, 0.25) is 5.95 Å². The van der Waals surface area contributed by atoms with Crippen LogP contribution in [0.1, 0.15) is 25.3 Å². The van der Waals surface area contributed by atoms with Crippen molar-refractivity contribution in [1.82, 2.24) is 24.7 Å². The maximum absolute atomic E-state index is 4.72. The van der Waals surface area contributed by atoms with Crippen molar-refractivity contribution in [3.05, 3.63) is 18.0 Å². The molecule has 0 amide bonds. The Morgan fingerprint density at radius 1 is 0.958 bits per heavy atom. The highest BCUT2D eigenvalue weighted by Crippen LogP contribution is 2.32. The maximum atomic E-state index is 4.72. The molecule has 3 aliphatic rings. The first kappa shape index (κ1) is 16.2. The molecule has 1 aromatic rings. The summed E-state index contributed by atoms with van der Waals surface area (Å²) >= 11 is 0. The van der Waals surface area contributed by atoms with Crippen molar-refractivity contribution in [2.45, 2.75) is 38.4 Å². The molecule has 2 atom stereocenters. The first-order valence-corrected chi connectivity index (χ1v) is 9.45. The number of rotatable bonds is 4. The summed E-state index contributed by atoms with van der Waals surface area (Å²) in [5.74, 6) is 0.940. The van der Waals surface area contributed by atoms with E-state index < -0.39 is 0 Å². The molecule has 2 unspecified atom stereocenters. The van der Waals surface area contributed by atoms with Crippen molar-refractivity contribution in [3.8, 4) is 0 Å². The second-order valence-electron chi connectivity index (χ2n) is 7.62. The van der Waals surface area contributed by atoms with E-state index in [9.17, 15) is 0 Å². The van der Waals surface area contributed by atoms with Gasteiger partial charge in [0, 0.05) is 75.9 Å². The Bertz CT molecular complexity index is 525. The van der Waals surface area contributed by atoms with E-state index in [0.717, 1.165) is 38.7 Å². The monoisotopic (exact) mass is 330 g/mol. The molecule has 6 nitrogen and oxygen atoms in total. The Labute approximate surface area is 145 Å². The van der Waals surface area contributed by atoms with Gasteiger partial charge in [-0.3, -0.25) is 4.90 Å². The standard InChI is InChI=1S/C18H30N6/c1-3-22-6-8-23(9-7-22)12-15-10-19-18(20-11-15)24-16-4-5-17(24)14-21(2)13-16/h10-11,16-17H,3-9,12-14H2,1-2H3. The first-order chi connectivity index (χ1) is 11.7. The summed E-state index contributed by atoms with van der Waals surface area (Å²) in [6.45, 7) is 11.3. The first-order valence-electron chi connectivity index (χ1n) is 9.45.